The van der Waals surface area contributed by atoms with Gasteiger partial charge in [-0.05, 0) is 19.3 Å². The molecule has 0 aliphatic carbocycles. The molecule has 1 aromatic heterocycles. The highest BCUT2D eigenvalue weighted by molar-refractivity contribution is 5.97. The van der Waals surface area contributed by atoms with Crippen molar-refractivity contribution in [2.24, 2.45) is 5.92 Å². The molecule has 1 heterocycles. The van der Waals surface area contributed by atoms with Crippen LogP contribution in [0.25, 0.3) is 0 Å². The van der Waals surface area contributed by atoms with Crippen molar-refractivity contribution in [3.05, 3.63) is 11.9 Å². The first kappa shape index (κ1) is 13.5. The summed E-state index contributed by atoms with van der Waals surface area (Å²) in [6.07, 6.45) is 2.43. The SMILES string of the molecule is CCC(NC(=O)c1c(N)cnn1CC)C(C)C. The van der Waals surface area contributed by atoms with E-state index in [-0.39, 0.29) is 11.9 Å². The Morgan fingerprint density at radius 2 is 2.18 bits per heavy atom. The predicted octanol–water partition coefficient (Wildman–Crippen LogP) is 1.65. The Morgan fingerprint density at radius 3 is 2.65 bits per heavy atom. The van der Waals surface area contributed by atoms with E-state index < -0.39 is 0 Å². The molecule has 0 aliphatic heterocycles. The van der Waals surface area contributed by atoms with Crippen LogP contribution in [0, 0.1) is 5.92 Å². The van der Waals surface area contributed by atoms with Crippen molar-refractivity contribution >= 4 is 11.6 Å². The summed E-state index contributed by atoms with van der Waals surface area (Å²) < 4.78 is 1.62. The summed E-state index contributed by atoms with van der Waals surface area (Å²) in [6.45, 7) is 8.82. The van der Waals surface area contributed by atoms with Gasteiger partial charge in [-0.25, -0.2) is 0 Å². The fourth-order valence-corrected chi connectivity index (χ4v) is 1.86. The molecule has 1 aromatic rings. The van der Waals surface area contributed by atoms with Gasteiger partial charge >= 0.3 is 0 Å². The van der Waals surface area contributed by atoms with Crippen LogP contribution in [0.5, 0.6) is 0 Å². The van der Waals surface area contributed by atoms with Crippen LogP contribution in [0.3, 0.4) is 0 Å². The summed E-state index contributed by atoms with van der Waals surface area (Å²) >= 11 is 0. The summed E-state index contributed by atoms with van der Waals surface area (Å²) in [5.74, 6) is 0.269. The molecular weight excluding hydrogens is 216 g/mol. The molecule has 0 aromatic carbocycles. The summed E-state index contributed by atoms with van der Waals surface area (Å²) in [6, 6.07) is 0.169. The topological polar surface area (TPSA) is 72.9 Å². The molecule has 1 amide bonds. The monoisotopic (exact) mass is 238 g/mol. The maximum atomic E-state index is 12.1. The molecule has 0 radical (unpaired) electrons. The van der Waals surface area contributed by atoms with Crippen molar-refractivity contribution in [3.8, 4) is 0 Å². The van der Waals surface area contributed by atoms with Crippen molar-refractivity contribution in [3.63, 3.8) is 0 Å². The van der Waals surface area contributed by atoms with E-state index in [1.807, 2.05) is 6.92 Å². The summed E-state index contributed by atoms with van der Waals surface area (Å²) in [5.41, 5.74) is 6.66. The Bertz CT molecular complexity index is 384. The van der Waals surface area contributed by atoms with Crippen molar-refractivity contribution < 1.29 is 4.79 Å². The number of nitrogens with two attached hydrogens (primary N) is 1. The van der Waals surface area contributed by atoms with Crippen molar-refractivity contribution in [1.82, 2.24) is 15.1 Å². The fraction of sp³-hybridized carbons (Fsp3) is 0.667. The Labute approximate surface area is 102 Å². The molecule has 1 rings (SSSR count). The lowest BCUT2D eigenvalue weighted by molar-refractivity contribution is 0.0914. The third kappa shape index (κ3) is 2.99. The van der Waals surface area contributed by atoms with Crippen LogP contribution in [0.4, 0.5) is 5.69 Å². The van der Waals surface area contributed by atoms with E-state index in [0.717, 1.165) is 6.42 Å². The molecule has 96 valence electrons. The highest BCUT2D eigenvalue weighted by atomic mass is 16.2. The Kier molecular flexibility index (Phi) is 4.54. The quantitative estimate of drug-likeness (QED) is 0.819. The maximum Gasteiger partial charge on any atom is 0.271 e. The van der Waals surface area contributed by atoms with Gasteiger partial charge in [-0.2, -0.15) is 5.10 Å². The molecule has 0 aliphatic rings. The first-order valence-corrected chi connectivity index (χ1v) is 6.13. The molecule has 17 heavy (non-hydrogen) atoms. The van der Waals surface area contributed by atoms with Gasteiger partial charge in [0.15, 0.2) is 0 Å². The minimum Gasteiger partial charge on any atom is -0.396 e. The van der Waals surface area contributed by atoms with E-state index >= 15 is 0 Å². The first-order valence-electron chi connectivity index (χ1n) is 6.13. The summed E-state index contributed by atoms with van der Waals surface area (Å²) in [7, 11) is 0. The Hall–Kier alpha value is -1.52. The zero-order valence-corrected chi connectivity index (χ0v) is 11.0. The second-order valence-electron chi connectivity index (χ2n) is 4.50. The number of aromatic nitrogens is 2. The van der Waals surface area contributed by atoms with Crippen LogP contribution in [0.2, 0.25) is 0 Å². The van der Waals surface area contributed by atoms with Crippen LogP contribution in [0.15, 0.2) is 6.20 Å². The minimum absolute atomic E-state index is 0.137. The molecule has 5 nitrogen and oxygen atoms in total. The Balaban J connectivity index is 2.85. The lowest BCUT2D eigenvalue weighted by Crippen LogP contribution is -2.39. The number of hydrogen-bond donors (Lipinski definition) is 2. The van der Waals surface area contributed by atoms with Gasteiger partial charge in [0, 0.05) is 12.6 Å². The second-order valence-corrected chi connectivity index (χ2v) is 4.50. The normalized spacial score (nSPS) is 12.8. The van der Waals surface area contributed by atoms with Gasteiger partial charge in [0.25, 0.3) is 5.91 Å². The maximum absolute atomic E-state index is 12.1. The number of carbonyl (C=O) groups excluding carboxylic acids is 1. The van der Waals surface area contributed by atoms with E-state index in [9.17, 15) is 4.79 Å². The van der Waals surface area contributed by atoms with Crippen LogP contribution < -0.4 is 11.1 Å². The molecule has 1 atom stereocenters. The zero-order valence-electron chi connectivity index (χ0n) is 11.0. The Morgan fingerprint density at radius 1 is 1.53 bits per heavy atom. The van der Waals surface area contributed by atoms with Crippen LogP contribution in [0.1, 0.15) is 44.6 Å². The smallest absolute Gasteiger partial charge is 0.271 e. The number of nitrogens with one attached hydrogen (secondary N) is 1. The highest BCUT2D eigenvalue weighted by Gasteiger charge is 2.20. The number of aryl methyl sites for hydroxylation is 1. The third-order valence-electron chi connectivity index (χ3n) is 2.94. The van der Waals surface area contributed by atoms with E-state index in [0.29, 0.717) is 23.8 Å². The highest BCUT2D eigenvalue weighted by Crippen LogP contribution is 2.13. The van der Waals surface area contributed by atoms with E-state index in [4.69, 9.17) is 5.73 Å². The summed E-state index contributed by atoms with van der Waals surface area (Å²) in [4.78, 5) is 12.1. The van der Waals surface area contributed by atoms with Gasteiger partial charge in [0.05, 0.1) is 11.9 Å². The predicted molar refractivity (Wildman–Crippen MR) is 68.7 cm³/mol. The fourth-order valence-electron chi connectivity index (χ4n) is 1.86. The van der Waals surface area contributed by atoms with Crippen molar-refractivity contribution in [2.75, 3.05) is 5.73 Å². The number of amides is 1. The lowest BCUT2D eigenvalue weighted by atomic mass is 10.0. The van der Waals surface area contributed by atoms with Gasteiger partial charge in [-0.15, -0.1) is 0 Å². The number of hydrogen-bond acceptors (Lipinski definition) is 3. The molecule has 0 bridgehead atoms. The standard InChI is InChI=1S/C12H22N4O/c1-5-10(8(3)4)15-12(17)11-9(13)7-14-16(11)6-2/h7-8,10H,5-6,13H2,1-4H3,(H,15,17). The van der Waals surface area contributed by atoms with Gasteiger partial charge in [-0.3, -0.25) is 9.48 Å². The molecule has 3 N–H and O–H groups in total. The molecule has 0 fully saturated rings. The molecule has 0 saturated heterocycles. The van der Waals surface area contributed by atoms with Crippen molar-refractivity contribution in [1.29, 1.82) is 0 Å². The van der Waals surface area contributed by atoms with E-state index in [1.54, 1.807) is 4.68 Å². The van der Waals surface area contributed by atoms with E-state index in [2.05, 4.69) is 31.2 Å². The number of rotatable bonds is 5. The summed E-state index contributed by atoms with van der Waals surface area (Å²) in [5, 5.41) is 7.07. The number of anilines is 1. The van der Waals surface area contributed by atoms with Gasteiger partial charge in [0.1, 0.15) is 5.69 Å². The largest absolute Gasteiger partial charge is 0.396 e. The second kappa shape index (κ2) is 5.70. The molecule has 1 unspecified atom stereocenters. The molecule has 0 saturated carbocycles. The molecule has 5 heteroatoms. The number of nitrogen functional groups attached to an aromatic ring is 1. The van der Waals surface area contributed by atoms with Gasteiger partial charge in [0.2, 0.25) is 0 Å². The zero-order chi connectivity index (χ0) is 13.0. The third-order valence-corrected chi connectivity index (χ3v) is 2.94. The lowest BCUT2D eigenvalue weighted by Gasteiger charge is -2.21. The molecule has 0 spiro atoms. The average Bonchev–Trinajstić information content (AvgIpc) is 2.66. The average molecular weight is 238 g/mol. The first-order chi connectivity index (χ1) is 8.01. The number of carbonyl (C=O) groups is 1. The van der Waals surface area contributed by atoms with Crippen LogP contribution in [-0.2, 0) is 6.54 Å². The van der Waals surface area contributed by atoms with Crippen LogP contribution >= 0.6 is 0 Å². The van der Waals surface area contributed by atoms with Crippen LogP contribution in [-0.4, -0.2) is 21.7 Å². The van der Waals surface area contributed by atoms with Crippen molar-refractivity contribution in [2.45, 2.75) is 46.7 Å². The van der Waals surface area contributed by atoms with Gasteiger partial charge < -0.3 is 11.1 Å². The molecular formula is C12H22N4O. The number of nitrogens with zero attached hydrogens (tertiary/aromatic N) is 2. The van der Waals surface area contributed by atoms with E-state index in [1.165, 1.54) is 6.20 Å². The van der Waals surface area contributed by atoms with Gasteiger partial charge in [-0.1, -0.05) is 20.8 Å². The minimum atomic E-state index is -0.137.